The zero-order valence-corrected chi connectivity index (χ0v) is 15.6. The minimum Gasteiger partial charge on any atom is -0.351 e. The third-order valence-electron chi connectivity index (χ3n) is 5.43. The molecule has 0 aliphatic carbocycles. The van der Waals surface area contributed by atoms with E-state index in [9.17, 15) is 4.79 Å². The lowest BCUT2D eigenvalue weighted by atomic mass is 10.1. The molecule has 1 saturated heterocycles. The highest BCUT2D eigenvalue weighted by Gasteiger charge is 2.35. The summed E-state index contributed by atoms with van der Waals surface area (Å²) in [6, 6.07) is 17.4. The highest BCUT2D eigenvalue weighted by Crippen LogP contribution is 2.34. The van der Waals surface area contributed by atoms with Gasteiger partial charge in [0.05, 0.1) is 0 Å². The Balaban J connectivity index is 1.47. The van der Waals surface area contributed by atoms with Gasteiger partial charge in [-0.15, -0.1) is 0 Å². The van der Waals surface area contributed by atoms with Crippen LogP contribution in [0.5, 0.6) is 0 Å². The molecule has 1 amide bonds. The topological polar surface area (TPSA) is 64.2 Å². The molecule has 1 fully saturated rings. The summed E-state index contributed by atoms with van der Waals surface area (Å²) in [6.07, 6.45) is 3.73. The van der Waals surface area contributed by atoms with Gasteiger partial charge in [-0.05, 0) is 31.0 Å². The predicted octanol–water partition coefficient (Wildman–Crippen LogP) is 4.21. The lowest BCUT2D eigenvalue weighted by Gasteiger charge is -2.22. The maximum Gasteiger partial charge on any atom is 0.255 e. The van der Waals surface area contributed by atoms with Gasteiger partial charge in [-0.3, -0.25) is 4.79 Å². The summed E-state index contributed by atoms with van der Waals surface area (Å²) in [5.74, 6) is 1.07. The number of nitrogens with zero attached hydrogens (tertiary/aromatic N) is 4. The van der Waals surface area contributed by atoms with E-state index >= 15 is 0 Å². The molecule has 0 bridgehead atoms. The van der Waals surface area contributed by atoms with Crippen LogP contribution in [-0.2, 0) is 7.05 Å². The van der Waals surface area contributed by atoms with Gasteiger partial charge in [0.2, 0.25) is 11.7 Å². The van der Waals surface area contributed by atoms with Gasteiger partial charge in [0.1, 0.15) is 6.04 Å². The van der Waals surface area contributed by atoms with E-state index in [4.69, 9.17) is 4.52 Å². The minimum atomic E-state index is -0.184. The molecule has 28 heavy (non-hydrogen) atoms. The third-order valence-corrected chi connectivity index (χ3v) is 5.43. The number of benzene rings is 2. The second-order valence-electron chi connectivity index (χ2n) is 7.14. The van der Waals surface area contributed by atoms with Gasteiger partial charge in [0.15, 0.2) is 0 Å². The molecule has 1 aliphatic heterocycles. The number of aromatic nitrogens is 3. The van der Waals surface area contributed by atoms with Crippen LogP contribution in [0.15, 0.2) is 65.3 Å². The van der Waals surface area contributed by atoms with E-state index in [0.717, 1.165) is 29.3 Å². The number of aryl methyl sites for hydroxylation is 1. The molecule has 2 aromatic heterocycles. The second kappa shape index (κ2) is 6.64. The lowest BCUT2D eigenvalue weighted by Crippen LogP contribution is -2.30. The summed E-state index contributed by atoms with van der Waals surface area (Å²) in [5.41, 5.74) is 2.67. The van der Waals surface area contributed by atoms with Gasteiger partial charge < -0.3 is 14.0 Å². The number of rotatable bonds is 3. The Morgan fingerprint density at radius 2 is 1.96 bits per heavy atom. The molecule has 0 spiro atoms. The molecule has 3 heterocycles. The Labute approximate surface area is 162 Å². The van der Waals surface area contributed by atoms with Crippen LogP contribution in [-0.4, -0.2) is 32.1 Å². The maximum absolute atomic E-state index is 13.4. The van der Waals surface area contributed by atoms with E-state index < -0.39 is 0 Å². The molecule has 0 N–H and O–H groups in total. The number of hydrogen-bond donors (Lipinski definition) is 0. The number of carbonyl (C=O) groups is 1. The first-order chi connectivity index (χ1) is 13.7. The fourth-order valence-electron chi connectivity index (χ4n) is 3.99. The summed E-state index contributed by atoms with van der Waals surface area (Å²) in [5, 5.41) is 5.09. The minimum absolute atomic E-state index is 0.0127. The second-order valence-corrected chi connectivity index (χ2v) is 7.14. The van der Waals surface area contributed by atoms with Gasteiger partial charge >= 0.3 is 0 Å². The van der Waals surface area contributed by atoms with Crippen molar-refractivity contribution in [2.75, 3.05) is 6.54 Å². The predicted molar refractivity (Wildman–Crippen MR) is 106 cm³/mol. The van der Waals surface area contributed by atoms with Crippen molar-refractivity contribution in [1.82, 2.24) is 19.6 Å². The normalized spacial score (nSPS) is 16.8. The molecule has 6 nitrogen and oxygen atoms in total. The smallest absolute Gasteiger partial charge is 0.255 e. The zero-order chi connectivity index (χ0) is 19.1. The van der Waals surface area contributed by atoms with E-state index in [1.54, 1.807) is 0 Å². The van der Waals surface area contributed by atoms with Gasteiger partial charge in [0.25, 0.3) is 5.91 Å². The fourth-order valence-corrected chi connectivity index (χ4v) is 3.99. The van der Waals surface area contributed by atoms with Crippen LogP contribution in [0.4, 0.5) is 0 Å². The summed E-state index contributed by atoms with van der Waals surface area (Å²) < 4.78 is 7.58. The van der Waals surface area contributed by atoms with E-state index in [-0.39, 0.29) is 11.9 Å². The number of amides is 1. The van der Waals surface area contributed by atoms with Gasteiger partial charge in [0, 0.05) is 41.8 Å². The van der Waals surface area contributed by atoms with E-state index in [1.165, 1.54) is 0 Å². The molecule has 1 atom stereocenters. The Morgan fingerprint density at radius 1 is 1.11 bits per heavy atom. The van der Waals surface area contributed by atoms with Gasteiger partial charge in [-0.25, -0.2) is 0 Å². The average Bonchev–Trinajstić information content (AvgIpc) is 3.47. The van der Waals surface area contributed by atoms with Crippen LogP contribution < -0.4 is 0 Å². The summed E-state index contributed by atoms with van der Waals surface area (Å²) >= 11 is 0. The molecule has 4 aromatic rings. The summed E-state index contributed by atoms with van der Waals surface area (Å²) in [7, 11) is 1.98. The fraction of sp³-hybridized carbons (Fsp3) is 0.227. The SMILES string of the molecule is Cn1ccc2c(C(=O)N3CCC[C@H]3c3nc(-c4ccccc4)no3)cccc21. The first kappa shape index (κ1) is 16.7. The molecule has 0 saturated carbocycles. The van der Waals surface area contributed by atoms with Crippen molar-refractivity contribution in [2.24, 2.45) is 7.05 Å². The Morgan fingerprint density at radius 3 is 2.82 bits per heavy atom. The van der Waals surface area contributed by atoms with Crippen LogP contribution >= 0.6 is 0 Å². The van der Waals surface area contributed by atoms with E-state index in [1.807, 2.05) is 77.3 Å². The molecule has 2 aromatic carbocycles. The molecular weight excluding hydrogens is 352 g/mol. The third kappa shape index (κ3) is 2.69. The molecule has 0 radical (unpaired) electrons. The van der Waals surface area contributed by atoms with E-state index in [0.29, 0.717) is 23.8 Å². The average molecular weight is 372 g/mol. The van der Waals surface area contributed by atoms with Crippen molar-refractivity contribution in [3.05, 3.63) is 72.2 Å². The van der Waals surface area contributed by atoms with Crippen molar-refractivity contribution in [3.63, 3.8) is 0 Å². The monoisotopic (exact) mass is 372 g/mol. The molecule has 5 rings (SSSR count). The van der Waals surface area contributed by atoms with Crippen molar-refractivity contribution in [3.8, 4) is 11.4 Å². The van der Waals surface area contributed by atoms with Crippen molar-refractivity contribution in [1.29, 1.82) is 0 Å². The molecule has 140 valence electrons. The maximum atomic E-state index is 13.4. The zero-order valence-electron chi connectivity index (χ0n) is 15.6. The van der Waals surface area contributed by atoms with Crippen molar-refractivity contribution >= 4 is 16.8 Å². The van der Waals surface area contributed by atoms with Crippen LogP contribution in [0.25, 0.3) is 22.3 Å². The lowest BCUT2D eigenvalue weighted by molar-refractivity contribution is 0.0712. The van der Waals surface area contributed by atoms with Crippen molar-refractivity contribution in [2.45, 2.75) is 18.9 Å². The van der Waals surface area contributed by atoms with Crippen LogP contribution in [0.2, 0.25) is 0 Å². The molecule has 0 unspecified atom stereocenters. The highest BCUT2D eigenvalue weighted by atomic mass is 16.5. The Kier molecular flexibility index (Phi) is 3.97. The van der Waals surface area contributed by atoms with Crippen LogP contribution in [0, 0.1) is 0 Å². The first-order valence-corrected chi connectivity index (χ1v) is 9.46. The van der Waals surface area contributed by atoms with Crippen LogP contribution in [0.3, 0.4) is 0 Å². The number of carbonyl (C=O) groups excluding carboxylic acids is 1. The van der Waals surface area contributed by atoms with E-state index in [2.05, 4.69) is 10.1 Å². The summed E-state index contributed by atoms with van der Waals surface area (Å²) in [4.78, 5) is 19.8. The standard InChI is InChI=1S/C22H20N4O2/c1-25-14-12-16-17(9-5-10-18(16)25)22(27)26-13-6-11-19(26)21-23-20(24-28-21)15-7-3-2-4-8-15/h2-5,7-10,12,14,19H,6,11,13H2,1H3/t19-/m0/s1. The number of hydrogen-bond acceptors (Lipinski definition) is 4. The first-order valence-electron chi connectivity index (χ1n) is 9.46. The molecule has 1 aliphatic rings. The molecule has 6 heteroatoms. The van der Waals surface area contributed by atoms with Crippen LogP contribution in [0.1, 0.15) is 35.1 Å². The Bertz CT molecular complexity index is 1150. The van der Waals surface area contributed by atoms with Gasteiger partial charge in [-0.1, -0.05) is 41.6 Å². The van der Waals surface area contributed by atoms with Crippen molar-refractivity contribution < 1.29 is 9.32 Å². The molecular formula is C22H20N4O2. The highest BCUT2D eigenvalue weighted by molar-refractivity contribution is 6.06. The number of fused-ring (bicyclic) bond motifs is 1. The Hall–Kier alpha value is -3.41. The largest absolute Gasteiger partial charge is 0.351 e. The summed E-state index contributed by atoms with van der Waals surface area (Å²) in [6.45, 7) is 0.690. The quantitative estimate of drug-likeness (QED) is 0.540. The van der Waals surface area contributed by atoms with Gasteiger partial charge in [-0.2, -0.15) is 4.98 Å². The number of likely N-dealkylation sites (tertiary alicyclic amines) is 1.